The molecule has 0 spiro atoms. The molecule has 3 N–H and O–H groups in total. The highest BCUT2D eigenvalue weighted by molar-refractivity contribution is 9.10. The van der Waals surface area contributed by atoms with E-state index in [0.717, 1.165) is 5.56 Å². The van der Waals surface area contributed by atoms with Crippen LogP contribution < -0.4 is 20.9 Å². The Hall–Kier alpha value is -3.36. The number of carbonyl (C=O) groups is 3. The third-order valence-electron chi connectivity index (χ3n) is 4.36. The molecule has 0 heterocycles. The lowest BCUT2D eigenvalue weighted by Crippen LogP contribution is -2.43. The first-order valence-electron chi connectivity index (χ1n) is 9.47. The van der Waals surface area contributed by atoms with Gasteiger partial charge in [0, 0.05) is 21.8 Å². The highest BCUT2D eigenvalue weighted by Gasteiger charge is 2.11. The van der Waals surface area contributed by atoms with E-state index in [-0.39, 0.29) is 12.5 Å². The van der Waals surface area contributed by atoms with Gasteiger partial charge in [-0.05, 0) is 76.9 Å². The molecule has 3 amide bonds. The summed E-state index contributed by atoms with van der Waals surface area (Å²) in [7, 11) is 0. The smallest absolute Gasteiger partial charge is 0.276 e. The molecule has 0 saturated carbocycles. The van der Waals surface area contributed by atoms with Gasteiger partial charge in [0.15, 0.2) is 6.61 Å². The molecule has 3 rings (SSSR count). The summed E-state index contributed by atoms with van der Waals surface area (Å²) in [6, 6.07) is 18.4. The van der Waals surface area contributed by atoms with Crippen LogP contribution in [0.2, 0.25) is 5.02 Å². The Labute approximate surface area is 198 Å². The molecule has 0 aromatic heterocycles. The number of amides is 3. The predicted octanol–water partition coefficient (Wildman–Crippen LogP) is 4.50. The highest BCUT2D eigenvalue weighted by Crippen LogP contribution is 2.27. The van der Waals surface area contributed by atoms with Crippen molar-refractivity contribution >= 4 is 50.9 Å². The maximum atomic E-state index is 12.4. The molecule has 164 valence electrons. The molecule has 0 unspecified atom stereocenters. The molecule has 0 aliphatic heterocycles. The molecule has 0 aliphatic carbocycles. The average Bonchev–Trinajstić information content (AvgIpc) is 2.77. The van der Waals surface area contributed by atoms with Crippen molar-refractivity contribution in [1.82, 2.24) is 10.9 Å². The van der Waals surface area contributed by atoms with Gasteiger partial charge >= 0.3 is 0 Å². The normalized spacial score (nSPS) is 10.2. The van der Waals surface area contributed by atoms with Crippen LogP contribution in [0.4, 0.5) is 5.69 Å². The standard InChI is InChI=1S/C23H19BrClN3O4/c1-14-4-2-3-5-18(14)23(31)26-17-9-6-15(7-10-17)22(30)28-27-21(29)13-32-20-11-8-16(25)12-19(20)24/h2-12H,13H2,1H3,(H,26,31)(H,27,29)(H,28,30). The molecule has 0 bridgehead atoms. The van der Waals surface area contributed by atoms with Crippen molar-refractivity contribution in [1.29, 1.82) is 0 Å². The first kappa shape index (κ1) is 23.3. The largest absolute Gasteiger partial charge is 0.483 e. The topological polar surface area (TPSA) is 96.5 Å². The number of hydrogen-bond donors (Lipinski definition) is 3. The zero-order valence-electron chi connectivity index (χ0n) is 16.9. The van der Waals surface area contributed by atoms with Gasteiger partial charge in [0.05, 0.1) is 4.47 Å². The van der Waals surface area contributed by atoms with Crippen LogP contribution in [-0.2, 0) is 4.79 Å². The zero-order valence-corrected chi connectivity index (χ0v) is 19.3. The third kappa shape index (κ3) is 6.32. The quantitative estimate of drug-likeness (QED) is 0.420. The Balaban J connectivity index is 1.48. The van der Waals surface area contributed by atoms with Crippen LogP contribution in [0.15, 0.2) is 71.2 Å². The number of benzene rings is 3. The van der Waals surface area contributed by atoms with Gasteiger partial charge in [-0.25, -0.2) is 0 Å². The minimum Gasteiger partial charge on any atom is -0.483 e. The Kier molecular flexibility index (Phi) is 7.86. The lowest BCUT2D eigenvalue weighted by Gasteiger charge is -2.11. The second kappa shape index (κ2) is 10.8. The number of anilines is 1. The van der Waals surface area contributed by atoms with Crippen LogP contribution in [0.5, 0.6) is 5.75 Å². The second-order valence-corrected chi connectivity index (χ2v) is 8.00. The average molecular weight is 517 g/mol. The van der Waals surface area contributed by atoms with E-state index < -0.39 is 11.8 Å². The van der Waals surface area contributed by atoms with Gasteiger partial charge in [-0.3, -0.25) is 25.2 Å². The Morgan fingerprint density at radius 2 is 1.66 bits per heavy atom. The van der Waals surface area contributed by atoms with E-state index in [1.807, 2.05) is 19.1 Å². The number of hydrazine groups is 1. The highest BCUT2D eigenvalue weighted by atomic mass is 79.9. The fourth-order valence-corrected chi connectivity index (χ4v) is 3.50. The van der Waals surface area contributed by atoms with E-state index in [4.69, 9.17) is 16.3 Å². The van der Waals surface area contributed by atoms with Gasteiger partial charge in [-0.1, -0.05) is 29.8 Å². The second-order valence-electron chi connectivity index (χ2n) is 6.71. The predicted molar refractivity (Wildman–Crippen MR) is 126 cm³/mol. The Bertz CT molecular complexity index is 1150. The van der Waals surface area contributed by atoms with E-state index in [1.165, 1.54) is 12.1 Å². The number of aryl methyl sites for hydroxylation is 1. The number of halogens is 2. The first-order chi connectivity index (χ1) is 15.3. The van der Waals surface area contributed by atoms with Gasteiger partial charge < -0.3 is 10.1 Å². The molecule has 3 aromatic carbocycles. The number of hydrogen-bond acceptors (Lipinski definition) is 4. The molecule has 0 fully saturated rings. The van der Waals surface area contributed by atoms with Crippen molar-refractivity contribution in [2.75, 3.05) is 11.9 Å². The van der Waals surface area contributed by atoms with Crippen LogP contribution >= 0.6 is 27.5 Å². The van der Waals surface area contributed by atoms with Crippen molar-refractivity contribution in [3.63, 3.8) is 0 Å². The Morgan fingerprint density at radius 3 is 2.34 bits per heavy atom. The summed E-state index contributed by atoms with van der Waals surface area (Å²) in [4.78, 5) is 36.5. The summed E-state index contributed by atoms with van der Waals surface area (Å²) in [6.45, 7) is 1.56. The zero-order chi connectivity index (χ0) is 23.1. The van der Waals surface area contributed by atoms with E-state index in [2.05, 4.69) is 32.1 Å². The molecule has 7 nitrogen and oxygen atoms in total. The molecular formula is C23H19BrClN3O4. The molecule has 0 saturated heterocycles. The molecule has 3 aromatic rings. The molecule has 0 atom stereocenters. The number of ether oxygens (including phenoxy) is 1. The van der Waals surface area contributed by atoms with Crippen LogP contribution in [0, 0.1) is 6.92 Å². The van der Waals surface area contributed by atoms with Gasteiger partial charge in [-0.15, -0.1) is 0 Å². The van der Waals surface area contributed by atoms with Gasteiger partial charge in [0.2, 0.25) is 0 Å². The number of rotatable bonds is 6. The fraction of sp³-hybridized carbons (Fsp3) is 0.0870. The number of carbonyl (C=O) groups excluding carboxylic acids is 3. The van der Waals surface area contributed by atoms with Crippen molar-refractivity contribution in [3.8, 4) is 5.75 Å². The van der Waals surface area contributed by atoms with Crippen molar-refractivity contribution < 1.29 is 19.1 Å². The summed E-state index contributed by atoms with van der Waals surface area (Å²) in [5, 5.41) is 3.32. The molecular weight excluding hydrogens is 498 g/mol. The van der Waals surface area contributed by atoms with Gasteiger partial charge in [0.25, 0.3) is 17.7 Å². The molecule has 32 heavy (non-hydrogen) atoms. The van der Waals surface area contributed by atoms with Gasteiger partial charge in [-0.2, -0.15) is 0 Å². The summed E-state index contributed by atoms with van der Waals surface area (Å²) in [6.07, 6.45) is 0. The van der Waals surface area contributed by atoms with E-state index in [0.29, 0.717) is 32.1 Å². The summed E-state index contributed by atoms with van der Waals surface area (Å²) >= 11 is 9.15. The molecule has 9 heteroatoms. The SMILES string of the molecule is Cc1ccccc1C(=O)Nc1ccc(C(=O)NNC(=O)COc2ccc(Cl)cc2Br)cc1. The maximum Gasteiger partial charge on any atom is 0.276 e. The van der Waals surface area contributed by atoms with Crippen LogP contribution in [-0.4, -0.2) is 24.3 Å². The maximum absolute atomic E-state index is 12.4. The third-order valence-corrected chi connectivity index (χ3v) is 5.22. The van der Waals surface area contributed by atoms with E-state index >= 15 is 0 Å². The lowest BCUT2D eigenvalue weighted by atomic mass is 10.1. The van der Waals surface area contributed by atoms with Gasteiger partial charge in [0.1, 0.15) is 5.75 Å². The van der Waals surface area contributed by atoms with Crippen molar-refractivity contribution in [2.24, 2.45) is 0 Å². The van der Waals surface area contributed by atoms with Crippen LogP contribution in [0.25, 0.3) is 0 Å². The summed E-state index contributed by atoms with van der Waals surface area (Å²) in [5.74, 6) is -0.843. The minimum atomic E-state index is -0.540. The number of nitrogens with one attached hydrogen (secondary N) is 3. The van der Waals surface area contributed by atoms with Crippen molar-refractivity contribution in [2.45, 2.75) is 6.92 Å². The fourth-order valence-electron chi connectivity index (χ4n) is 2.70. The minimum absolute atomic E-state index is 0.236. The van der Waals surface area contributed by atoms with Crippen LogP contribution in [0.3, 0.4) is 0 Å². The first-order valence-corrected chi connectivity index (χ1v) is 10.6. The monoisotopic (exact) mass is 515 g/mol. The van der Waals surface area contributed by atoms with E-state index in [1.54, 1.807) is 42.5 Å². The Morgan fingerprint density at radius 1 is 0.938 bits per heavy atom. The van der Waals surface area contributed by atoms with Crippen LogP contribution in [0.1, 0.15) is 26.3 Å². The molecule has 0 aliphatic rings. The lowest BCUT2D eigenvalue weighted by molar-refractivity contribution is -0.123. The molecule has 0 radical (unpaired) electrons. The van der Waals surface area contributed by atoms with Crippen molar-refractivity contribution in [3.05, 3.63) is 92.9 Å². The summed E-state index contributed by atoms with van der Waals surface area (Å²) in [5.41, 5.74) is 6.88. The van der Waals surface area contributed by atoms with E-state index in [9.17, 15) is 14.4 Å². The summed E-state index contributed by atoms with van der Waals surface area (Å²) < 4.78 is 5.99.